The lowest BCUT2D eigenvalue weighted by Gasteiger charge is -2.05. The van der Waals surface area contributed by atoms with E-state index in [1.165, 1.54) is 19.1 Å². The van der Waals surface area contributed by atoms with Crippen molar-refractivity contribution >= 4 is 11.9 Å². The molecule has 0 N–H and O–H groups in total. The second-order valence-corrected chi connectivity index (χ2v) is 4.85. The van der Waals surface area contributed by atoms with Gasteiger partial charge in [-0.25, -0.2) is 0 Å². The third kappa shape index (κ3) is 4.86. The number of hydrogen-bond donors (Lipinski definition) is 0. The molecule has 4 heteroatoms. The van der Waals surface area contributed by atoms with Crippen LogP contribution in [0.15, 0.2) is 60.2 Å². The van der Waals surface area contributed by atoms with Crippen molar-refractivity contribution in [1.29, 1.82) is 0 Å². The number of alkyl halides is 3. The third-order valence-electron chi connectivity index (χ3n) is 3.04. The Morgan fingerprint density at radius 3 is 2.13 bits per heavy atom. The predicted octanol–water partition coefficient (Wildman–Crippen LogP) is 4.73. The molecule has 0 unspecified atom stereocenters. The number of allylic oxidation sites excluding steroid dienone is 1. The van der Waals surface area contributed by atoms with Crippen LogP contribution in [0.2, 0.25) is 0 Å². The first-order valence-corrected chi connectivity index (χ1v) is 6.83. The molecule has 0 aliphatic heterocycles. The zero-order chi connectivity index (χ0) is 16.9. The highest BCUT2D eigenvalue weighted by atomic mass is 19.4. The predicted molar refractivity (Wildman–Crippen MR) is 83.4 cm³/mol. The standard InChI is InChI=1S/C19H13F3O/c1-14(23)17(13-16-5-3-2-4-6-16)10-7-15-8-11-18(12-9-15)19(20,21)22/h2-6,8-9,11-13H,1H3. The second-order valence-electron chi connectivity index (χ2n) is 4.85. The summed E-state index contributed by atoms with van der Waals surface area (Å²) in [4.78, 5) is 11.6. The lowest BCUT2D eigenvalue weighted by molar-refractivity contribution is -0.137. The maximum Gasteiger partial charge on any atom is 0.416 e. The molecule has 2 aromatic rings. The van der Waals surface area contributed by atoms with Crippen LogP contribution in [0.5, 0.6) is 0 Å². The zero-order valence-corrected chi connectivity index (χ0v) is 12.3. The van der Waals surface area contributed by atoms with Crippen LogP contribution in [-0.4, -0.2) is 5.78 Å². The summed E-state index contributed by atoms with van der Waals surface area (Å²) in [5.41, 5.74) is 0.823. The van der Waals surface area contributed by atoms with E-state index in [2.05, 4.69) is 11.8 Å². The van der Waals surface area contributed by atoms with Gasteiger partial charge in [0.1, 0.15) is 0 Å². The average Bonchev–Trinajstić information content (AvgIpc) is 2.51. The summed E-state index contributed by atoms with van der Waals surface area (Å²) >= 11 is 0. The van der Waals surface area contributed by atoms with Gasteiger partial charge in [-0.05, 0) is 42.8 Å². The normalized spacial score (nSPS) is 11.6. The van der Waals surface area contributed by atoms with Crippen molar-refractivity contribution in [1.82, 2.24) is 0 Å². The monoisotopic (exact) mass is 314 g/mol. The van der Waals surface area contributed by atoms with Crippen molar-refractivity contribution in [3.63, 3.8) is 0 Å². The van der Waals surface area contributed by atoms with Crippen LogP contribution >= 0.6 is 0 Å². The highest BCUT2D eigenvalue weighted by Gasteiger charge is 2.29. The quantitative estimate of drug-likeness (QED) is 0.578. The Bertz CT molecular complexity index is 773. The Morgan fingerprint density at radius 1 is 1.00 bits per heavy atom. The SMILES string of the molecule is CC(=O)C(C#Cc1ccc(C(F)(F)F)cc1)=Cc1ccccc1. The fraction of sp³-hybridized carbons (Fsp3) is 0.105. The lowest BCUT2D eigenvalue weighted by Crippen LogP contribution is -2.04. The van der Waals surface area contributed by atoms with Crippen molar-refractivity contribution in [3.8, 4) is 11.8 Å². The minimum absolute atomic E-state index is 0.201. The fourth-order valence-corrected chi connectivity index (χ4v) is 1.82. The van der Waals surface area contributed by atoms with Crippen molar-refractivity contribution in [2.75, 3.05) is 0 Å². The molecule has 0 heterocycles. The molecule has 0 bridgehead atoms. The Kier molecular flexibility index (Phi) is 5.02. The van der Waals surface area contributed by atoms with Gasteiger partial charge in [0.2, 0.25) is 0 Å². The first-order valence-electron chi connectivity index (χ1n) is 6.83. The van der Waals surface area contributed by atoms with E-state index in [1.807, 2.05) is 30.3 Å². The van der Waals surface area contributed by atoms with E-state index in [9.17, 15) is 18.0 Å². The van der Waals surface area contributed by atoms with Crippen LogP contribution in [0.1, 0.15) is 23.6 Å². The topological polar surface area (TPSA) is 17.1 Å². The van der Waals surface area contributed by atoms with Crippen LogP contribution < -0.4 is 0 Å². The van der Waals surface area contributed by atoms with E-state index in [-0.39, 0.29) is 5.78 Å². The summed E-state index contributed by atoms with van der Waals surface area (Å²) in [6.07, 6.45) is -2.72. The van der Waals surface area contributed by atoms with E-state index in [0.29, 0.717) is 11.1 Å². The minimum Gasteiger partial charge on any atom is -0.294 e. The second kappa shape index (κ2) is 6.97. The molecule has 0 fully saturated rings. The maximum absolute atomic E-state index is 12.5. The molecule has 0 aliphatic carbocycles. The van der Waals surface area contributed by atoms with E-state index < -0.39 is 11.7 Å². The van der Waals surface area contributed by atoms with Gasteiger partial charge in [0.05, 0.1) is 11.1 Å². The molecule has 0 radical (unpaired) electrons. The number of hydrogen-bond acceptors (Lipinski definition) is 1. The number of rotatable bonds is 2. The van der Waals surface area contributed by atoms with Crippen LogP contribution in [0.4, 0.5) is 13.2 Å². The molecule has 2 aromatic carbocycles. The molecule has 0 atom stereocenters. The lowest BCUT2D eigenvalue weighted by atomic mass is 10.1. The molecule has 0 spiro atoms. The number of ketones is 1. The third-order valence-corrected chi connectivity index (χ3v) is 3.04. The first-order chi connectivity index (χ1) is 10.9. The molecule has 0 aromatic heterocycles. The van der Waals surface area contributed by atoms with Crippen LogP contribution in [0.25, 0.3) is 6.08 Å². The Hall–Kier alpha value is -2.80. The van der Waals surface area contributed by atoms with Gasteiger partial charge in [0.15, 0.2) is 5.78 Å². The van der Waals surface area contributed by atoms with Crippen molar-refractivity contribution in [2.24, 2.45) is 0 Å². The van der Waals surface area contributed by atoms with Gasteiger partial charge in [-0.2, -0.15) is 13.2 Å². The Balaban J connectivity index is 2.27. The number of benzene rings is 2. The molecule has 0 saturated heterocycles. The molecular weight excluding hydrogens is 301 g/mol. The zero-order valence-electron chi connectivity index (χ0n) is 12.3. The molecule has 1 nitrogen and oxygen atoms in total. The molecule has 23 heavy (non-hydrogen) atoms. The molecule has 2 rings (SSSR count). The molecule has 116 valence electrons. The van der Waals surface area contributed by atoms with Gasteiger partial charge < -0.3 is 0 Å². The van der Waals surface area contributed by atoms with Crippen molar-refractivity contribution < 1.29 is 18.0 Å². The van der Waals surface area contributed by atoms with E-state index in [1.54, 1.807) is 6.08 Å². The highest BCUT2D eigenvalue weighted by molar-refractivity contribution is 6.02. The smallest absolute Gasteiger partial charge is 0.294 e. The summed E-state index contributed by atoms with van der Waals surface area (Å²) in [5, 5.41) is 0. The minimum atomic E-state index is -4.37. The summed E-state index contributed by atoms with van der Waals surface area (Å²) in [5.74, 6) is 5.24. The van der Waals surface area contributed by atoms with Crippen LogP contribution in [0.3, 0.4) is 0 Å². The number of carbonyl (C=O) groups excluding carboxylic acids is 1. The van der Waals surface area contributed by atoms with E-state index >= 15 is 0 Å². The van der Waals surface area contributed by atoms with E-state index in [0.717, 1.165) is 17.7 Å². The summed E-state index contributed by atoms with van der Waals surface area (Å²) in [6, 6.07) is 13.7. The summed E-state index contributed by atoms with van der Waals surface area (Å²) < 4.78 is 37.5. The van der Waals surface area contributed by atoms with Gasteiger partial charge in [0, 0.05) is 5.56 Å². The van der Waals surface area contributed by atoms with Gasteiger partial charge in [0.25, 0.3) is 0 Å². The Labute approximate surface area is 132 Å². The molecule has 0 saturated carbocycles. The van der Waals surface area contributed by atoms with E-state index in [4.69, 9.17) is 0 Å². The number of Topliss-reactive ketones (excluding diaryl/α,β-unsaturated/α-hetero) is 1. The summed E-state index contributed by atoms with van der Waals surface area (Å²) in [7, 11) is 0. The average molecular weight is 314 g/mol. The van der Waals surface area contributed by atoms with Gasteiger partial charge in [-0.15, -0.1) is 0 Å². The fourth-order valence-electron chi connectivity index (χ4n) is 1.82. The van der Waals surface area contributed by atoms with Crippen LogP contribution in [-0.2, 0) is 11.0 Å². The Morgan fingerprint density at radius 2 is 1.61 bits per heavy atom. The number of carbonyl (C=O) groups is 1. The summed E-state index contributed by atoms with van der Waals surface area (Å²) in [6.45, 7) is 1.40. The molecule has 0 aliphatic rings. The first kappa shape index (κ1) is 16.6. The molecule has 0 amide bonds. The highest BCUT2D eigenvalue weighted by Crippen LogP contribution is 2.28. The molecular formula is C19H13F3O. The largest absolute Gasteiger partial charge is 0.416 e. The van der Waals surface area contributed by atoms with Crippen molar-refractivity contribution in [3.05, 3.63) is 76.9 Å². The van der Waals surface area contributed by atoms with Gasteiger partial charge in [-0.1, -0.05) is 42.2 Å². The van der Waals surface area contributed by atoms with Crippen LogP contribution in [0, 0.1) is 11.8 Å². The van der Waals surface area contributed by atoms with Gasteiger partial charge >= 0.3 is 6.18 Å². The van der Waals surface area contributed by atoms with Gasteiger partial charge in [-0.3, -0.25) is 4.79 Å². The number of halogens is 3. The maximum atomic E-state index is 12.5. The van der Waals surface area contributed by atoms with Crippen molar-refractivity contribution in [2.45, 2.75) is 13.1 Å².